The molecule has 3 atom stereocenters. The number of rotatable bonds is 3. The number of benzene rings is 1. The van der Waals surface area contributed by atoms with Gasteiger partial charge < -0.3 is 9.15 Å². The SMILES string of the molecule is CCc1cc2ccc(OC3C[C@H]4CC[C@@H](C3)C4)cc2oc1=O. The zero-order valence-electron chi connectivity index (χ0n) is 13.0. The van der Waals surface area contributed by atoms with Gasteiger partial charge in [0.25, 0.3) is 0 Å². The summed E-state index contributed by atoms with van der Waals surface area (Å²) in [5.41, 5.74) is 1.12. The van der Waals surface area contributed by atoms with Crippen LogP contribution in [0.1, 0.15) is 44.6 Å². The molecule has 0 saturated heterocycles. The highest BCUT2D eigenvalue weighted by Crippen LogP contribution is 2.43. The van der Waals surface area contributed by atoms with Crippen molar-refractivity contribution >= 4 is 11.0 Å². The molecule has 2 aromatic rings. The first-order valence-electron chi connectivity index (χ1n) is 8.44. The van der Waals surface area contributed by atoms with Gasteiger partial charge in [0.2, 0.25) is 0 Å². The summed E-state index contributed by atoms with van der Waals surface area (Å²) in [6.07, 6.45) is 7.51. The van der Waals surface area contributed by atoms with E-state index < -0.39 is 0 Å². The lowest BCUT2D eigenvalue weighted by Gasteiger charge is -2.28. The lowest BCUT2D eigenvalue weighted by atomic mass is 9.87. The van der Waals surface area contributed by atoms with Crippen molar-refractivity contribution in [2.24, 2.45) is 11.8 Å². The van der Waals surface area contributed by atoms with Crippen LogP contribution in [0, 0.1) is 11.8 Å². The summed E-state index contributed by atoms with van der Waals surface area (Å²) in [5, 5.41) is 0.965. The Morgan fingerprint density at radius 1 is 1.14 bits per heavy atom. The molecule has 2 aliphatic carbocycles. The van der Waals surface area contributed by atoms with Crippen LogP contribution in [0.5, 0.6) is 5.75 Å². The van der Waals surface area contributed by atoms with Crippen LogP contribution >= 0.6 is 0 Å². The normalized spacial score (nSPS) is 27.2. The fraction of sp³-hybridized carbons (Fsp3) is 0.526. The molecule has 1 aromatic carbocycles. The van der Waals surface area contributed by atoms with Gasteiger partial charge in [0.15, 0.2) is 0 Å². The zero-order chi connectivity index (χ0) is 15.1. The Morgan fingerprint density at radius 2 is 1.91 bits per heavy atom. The maximum atomic E-state index is 11.9. The second-order valence-electron chi connectivity index (χ2n) is 6.87. The Morgan fingerprint density at radius 3 is 2.64 bits per heavy atom. The predicted molar refractivity (Wildman–Crippen MR) is 86.3 cm³/mol. The van der Waals surface area contributed by atoms with Crippen LogP contribution in [0.15, 0.2) is 33.5 Å². The minimum absolute atomic E-state index is 0.233. The lowest BCUT2D eigenvalue weighted by Crippen LogP contribution is -2.26. The third-order valence-electron chi connectivity index (χ3n) is 5.31. The molecule has 3 nitrogen and oxygen atoms in total. The summed E-state index contributed by atoms with van der Waals surface area (Å²) in [6, 6.07) is 7.78. The van der Waals surface area contributed by atoms with Crippen molar-refractivity contribution in [2.75, 3.05) is 0 Å². The maximum absolute atomic E-state index is 11.9. The average molecular weight is 298 g/mol. The minimum Gasteiger partial charge on any atom is -0.490 e. The van der Waals surface area contributed by atoms with Gasteiger partial charge in [0, 0.05) is 17.0 Å². The van der Waals surface area contributed by atoms with Crippen molar-refractivity contribution in [3.63, 3.8) is 0 Å². The van der Waals surface area contributed by atoms with E-state index in [1.807, 2.05) is 31.2 Å². The van der Waals surface area contributed by atoms with Gasteiger partial charge in [-0.2, -0.15) is 0 Å². The Labute approximate surface area is 130 Å². The third-order valence-corrected chi connectivity index (χ3v) is 5.31. The largest absolute Gasteiger partial charge is 0.490 e. The molecule has 0 aliphatic heterocycles. The molecule has 116 valence electrons. The number of fused-ring (bicyclic) bond motifs is 3. The Hall–Kier alpha value is -1.77. The smallest absolute Gasteiger partial charge is 0.339 e. The van der Waals surface area contributed by atoms with Gasteiger partial charge in [-0.05, 0) is 55.7 Å². The first-order chi connectivity index (χ1) is 10.7. The van der Waals surface area contributed by atoms with E-state index in [0.29, 0.717) is 18.1 Å². The lowest BCUT2D eigenvalue weighted by molar-refractivity contribution is 0.119. The predicted octanol–water partition coefficient (Wildman–Crippen LogP) is 4.31. The quantitative estimate of drug-likeness (QED) is 0.792. The molecule has 2 aliphatic rings. The Balaban J connectivity index is 1.58. The summed E-state index contributed by atoms with van der Waals surface area (Å²) in [7, 11) is 0. The van der Waals surface area contributed by atoms with Gasteiger partial charge in [0.05, 0.1) is 6.10 Å². The van der Waals surface area contributed by atoms with Gasteiger partial charge in [-0.1, -0.05) is 19.8 Å². The van der Waals surface area contributed by atoms with Crippen LogP contribution in [0.3, 0.4) is 0 Å². The topological polar surface area (TPSA) is 39.4 Å². The van der Waals surface area contributed by atoms with Crippen molar-refractivity contribution in [2.45, 2.75) is 51.6 Å². The molecule has 2 saturated carbocycles. The molecule has 2 bridgehead atoms. The highest BCUT2D eigenvalue weighted by molar-refractivity contribution is 5.78. The van der Waals surface area contributed by atoms with Crippen LogP contribution in [-0.4, -0.2) is 6.10 Å². The number of ether oxygens (including phenoxy) is 1. The van der Waals surface area contributed by atoms with Crippen LogP contribution in [0.25, 0.3) is 11.0 Å². The van der Waals surface area contributed by atoms with Crippen molar-refractivity contribution in [1.82, 2.24) is 0 Å². The monoisotopic (exact) mass is 298 g/mol. The molecule has 4 rings (SSSR count). The van der Waals surface area contributed by atoms with E-state index in [-0.39, 0.29) is 5.63 Å². The molecule has 0 amide bonds. The van der Waals surface area contributed by atoms with Crippen LogP contribution in [0.4, 0.5) is 0 Å². The third kappa shape index (κ3) is 2.53. The van der Waals surface area contributed by atoms with Gasteiger partial charge in [0.1, 0.15) is 11.3 Å². The molecular weight excluding hydrogens is 276 g/mol. The van der Waals surface area contributed by atoms with Crippen molar-refractivity contribution in [1.29, 1.82) is 0 Å². The van der Waals surface area contributed by atoms with E-state index in [0.717, 1.165) is 28.5 Å². The van der Waals surface area contributed by atoms with Crippen molar-refractivity contribution < 1.29 is 9.15 Å². The fourth-order valence-corrected chi connectivity index (χ4v) is 4.19. The summed E-state index contributed by atoms with van der Waals surface area (Å²) < 4.78 is 11.6. The molecule has 1 aromatic heterocycles. The molecule has 3 heteroatoms. The van der Waals surface area contributed by atoms with Crippen molar-refractivity contribution in [3.8, 4) is 5.75 Å². The highest BCUT2D eigenvalue weighted by atomic mass is 16.5. The Kier molecular flexibility index (Phi) is 3.44. The maximum Gasteiger partial charge on any atom is 0.339 e. The summed E-state index contributed by atoms with van der Waals surface area (Å²) >= 11 is 0. The first-order valence-corrected chi connectivity index (χ1v) is 8.44. The summed E-state index contributed by atoms with van der Waals surface area (Å²) in [5.74, 6) is 2.54. The molecule has 1 heterocycles. The van der Waals surface area contributed by atoms with Gasteiger partial charge >= 0.3 is 5.63 Å². The molecular formula is C19H22O3. The number of hydrogen-bond donors (Lipinski definition) is 0. The van der Waals surface area contributed by atoms with E-state index in [1.54, 1.807) is 0 Å². The van der Waals surface area contributed by atoms with Crippen LogP contribution in [0.2, 0.25) is 0 Å². The minimum atomic E-state index is -0.233. The fourth-order valence-electron chi connectivity index (χ4n) is 4.19. The second-order valence-corrected chi connectivity index (χ2v) is 6.87. The standard InChI is InChI=1S/C19H22O3/c1-2-14-10-15-5-6-16(11-18(15)22-19(14)20)21-17-8-12-3-4-13(7-12)9-17/h5-6,10-13,17H,2-4,7-9H2,1H3/t12-,13+,17?. The molecule has 2 fully saturated rings. The van der Waals surface area contributed by atoms with E-state index in [4.69, 9.17) is 9.15 Å². The van der Waals surface area contributed by atoms with E-state index in [2.05, 4.69) is 0 Å². The molecule has 0 spiro atoms. The van der Waals surface area contributed by atoms with E-state index >= 15 is 0 Å². The van der Waals surface area contributed by atoms with Crippen LogP contribution in [-0.2, 0) is 6.42 Å². The van der Waals surface area contributed by atoms with E-state index in [9.17, 15) is 4.79 Å². The van der Waals surface area contributed by atoms with Gasteiger partial charge in [-0.3, -0.25) is 0 Å². The Bertz CT molecular complexity index is 734. The van der Waals surface area contributed by atoms with Crippen molar-refractivity contribution in [3.05, 3.63) is 40.2 Å². The highest BCUT2D eigenvalue weighted by Gasteiger charge is 2.35. The molecule has 0 N–H and O–H groups in total. The van der Waals surface area contributed by atoms with Crippen LogP contribution < -0.4 is 10.4 Å². The van der Waals surface area contributed by atoms with E-state index in [1.165, 1.54) is 32.1 Å². The summed E-state index contributed by atoms with van der Waals surface area (Å²) in [6.45, 7) is 1.97. The molecule has 1 unspecified atom stereocenters. The van der Waals surface area contributed by atoms with Gasteiger partial charge in [-0.15, -0.1) is 0 Å². The number of hydrogen-bond acceptors (Lipinski definition) is 3. The summed E-state index contributed by atoms with van der Waals surface area (Å²) in [4.78, 5) is 11.9. The number of aryl methyl sites for hydroxylation is 1. The van der Waals surface area contributed by atoms with Gasteiger partial charge in [-0.25, -0.2) is 4.79 Å². The molecule has 0 radical (unpaired) electrons. The molecule has 22 heavy (non-hydrogen) atoms. The average Bonchev–Trinajstić information content (AvgIpc) is 2.85. The zero-order valence-corrected chi connectivity index (χ0v) is 13.0. The first kappa shape index (κ1) is 13.9. The second kappa shape index (κ2) is 5.45.